The first kappa shape index (κ1) is 24.6. The van der Waals surface area contributed by atoms with E-state index in [1.165, 1.54) is 0 Å². The van der Waals surface area contributed by atoms with Gasteiger partial charge in [0.15, 0.2) is 0 Å². The largest absolute Gasteiger partial charge is 0.489 e. The fourth-order valence-corrected chi connectivity index (χ4v) is 4.54. The first-order valence-corrected chi connectivity index (χ1v) is 12.4. The van der Waals surface area contributed by atoms with Crippen LogP contribution >= 0.6 is 0 Å². The van der Waals surface area contributed by atoms with Gasteiger partial charge in [0.25, 0.3) is 5.91 Å². The first-order valence-electron chi connectivity index (χ1n) is 12.4. The Bertz CT molecular complexity index is 1420. The Morgan fingerprint density at radius 3 is 2.81 bits per heavy atom. The molecular weight excluding hydrogens is 470 g/mol. The number of furan rings is 1. The SMILES string of the molecule is CNC(=O)c1c(C)oc2cc(Oc3ccnc(Nc4cccc(OC5CCN(C(C)C)C5)c4)n3)ccc12. The summed E-state index contributed by atoms with van der Waals surface area (Å²) in [6.45, 7) is 8.19. The monoisotopic (exact) mass is 501 g/mol. The van der Waals surface area contributed by atoms with Gasteiger partial charge >= 0.3 is 0 Å². The van der Waals surface area contributed by atoms with Crippen molar-refractivity contribution >= 4 is 28.5 Å². The minimum absolute atomic E-state index is 0.188. The number of nitrogens with one attached hydrogen (secondary N) is 2. The average molecular weight is 502 g/mol. The van der Waals surface area contributed by atoms with Crippen LogP contribution in [0, 0.1) is 6.92 Å². The van der Waals surface area contributed by atoms with Crippen LogP contribution in [0.3, 0.4) is 0 Å². The normalized spacial score (nSPS) is 15.8. The van der Waals surface area contributed by atoms with E-state index in [-0.39, 0.29) is 12.0 Å². The lowest BCUT2D eigenvalue weighted by molar-refractivity contribution is 0.0963. The highest BCUT2D eigenvalue weighted by atomic mass is 16.5. The molecule has 0 aliphatic carbocycles. The van der Waals surface area contributed by atoms with Crippen LogP contribution in [0.2, 0.25) is 0 Å². The number of anilines is 2. The molecule has 0 bridgehead atoms. The second-order valence-corrected chi connectivity index (χ2v) is 9.36. The van der Waals surface area contributed by atoms with Crippen LogP contribution in [0.4, 0.5) is 11.6 Å². The number of rotatable bonds is 8. The van der Waals surface area contributed by atoms with E-state index in [0.717, 1.165) is 36.3 Å². The highest BCUT2D eigenvalue weighted by molar-refractivity contribution is 6.07. The summed E-state index contributed by atoms with van der Waals surface area (Å²) >= 11 is 0. The lowest BCUT2D eigenvalue weighted by Crippen LogP contribution is -2.30. The quantitative estimate of drug-likeness (QED) is 0.336. The van der Waals surface area contributed by atoms with Gasteiger partial charge in [-0.25, -0.2) is 4.98 Å². The lowest BCUT2D eigenvalue weighted by Gasteiger charge is -2.20. The molecule has 1 saturated heterocycles. The molecule has 9 nitrogen and oxygen atoms in total. The first-order chi connectivity index (χ1) is 17.9. The molecule has 1 aliphatic heterocycles. The van der Waals surface area contributed by atoms with Gasteiger partial charge in [0.1, 0.15) is 28.9 Å². The predicted octanol–water partition coefficient (Wildman–Crippen LogP) is 5.29. The van der Waals surface area contributed by atoms with Crippen molar-refractivity contribution in [2.45, 2.75) is 39.3 Å². The minimum Gasteiger partial charge on any atom is -0.489 e. The van der Waals surface area contributed by atoms with Crippen molar-refractivity contribution in [3.63, 3.8) is 0 Å². The third kappa shape index (κ3) is 5.51. The summed E-state index contributed by atoms with van der Waals surface area (Å²) < 4.78 is 18.0. The molecule has 37 heavy (non-hydrogen) atoms. The van der Waals surface area contributed by atoms with Crippen LogP contribution in [-0.2, 0) is 0 Å². The van der Waals surface area contributed by atoms with Gasteiger partial charge in [-0.15, -0.1) is 0 Å². The summed E-state index contributed by atoms with van der Waals surface area (Å²) in [5.41, 5.74) is 1.91. The van der Waals surface area contributed by atoms with Gasteiger partial charge in [0.05, 0.1) is 5.56 Å². The molecule has 4 aromatic rings. The van der Waals surface area contributed by atoms with E-state index in [2.05, 4.69) is 39.3 Å². The maximum atomic E-state index is 12.2. The van der Waals surface area contributed by atoms with E-state index < -0.39 is 0 Å². The number of carbonyl (C=O) groups excluding carboxylic acids is 1. The molecule has 0 spiro atoms. The second kappa shape index (κ2) is 10.5. The molecule has 1 unspecified atom stereocenters. The van der Waals surface area contributed by atoms with Gasteiger partial charge in [-0.3, -0.25) is 9.69 Å². The standard InChI is InChI=1S/C28H31N5O4/c1-17(2)33-13-11-22(16-33)36-20-7-5-6-19(14-20)31-28-30-12-10-25(32-28)37-21-8-9-23-24(15-21)35-18(3)26(23)27(34)29-4/h5-10,12,14-15,17,22H,11,13,16H2,1-4H3,(H,29,34)(H,30,31,32). The zero-order valence-corrected chi connectivity index (χ0v) is 21.4. The van der Waals surface area contributed by atoms with Crippen LogP contribution < -0.4 is 20.1 Å². The van der Waals surface area contributed by atoms with Crippen LogP contribution in [0.5, 0.6) is 17.4 Å². The van der Waals surface area contributed by atoms with Crippen LogP contribution in [0.1, 0.15) is 36.4 Å². The number of hydrogen-bond acceptors (Lipinski definition) is 8. The number of ether oxygens (including phenoxy) is 2. The third-order valence-electron chi connectivity index (χ3n) is 6.44. The van der Waals surface area contributed by atoms with E-state index in [0.29, 0.717) is 40.5 Å². The zero-order valence-electron chi connectivity index (χ0n) is 21.4. The summed E-state index contributed by atoms with van der Waals surface area (Å²) in [5.74, 6) is 2.49. The number of aromatic nitrogens is 2. The number of fused-ring (bicyclic) bond motifs is 1. The van der Waals surface area contributed by atoms with Crippen LogP contribution in [-0.4, -0.2) is 53.1 Å². The number of aryl methyl sites for hydroxylation is 1. The molecule has 1 aliphatic rings. The van der Waals surface area contributed by atoms with E-state index in [1.54, 1.807) is 38.4 Å². The number of nitrogens with zero attached hydrogens (tertiary/aromatic N) is 3. The second-order valence-electron chi connectivity index (χ2n) is 9.36. The number of amides is 1. The van der Waals surface area contributed by atoms with Crippen molar-refractivity contribution in [1.29, 1.82) is 0 Å². The molecule has 1 amide bonds. The molecule has 9 heteroatoms. The maximum Gasteiger partial charge on any atom is 0.255 e. The molecule has 3 heterocycles. The Labute approximate surface area is 215 Å². The van der Waals surface area contributed by atoms with E-state index in [9.17, 15) is 4.79 Å². The van der Waals surface area contributed by atoms with Gasteiger partial charge in [0.2, 0.25) is 11.8 Å². The van der Waals surface area contributed by atoms with Crippen LogP contribution in [0.25, 0.3) is 11.0 Å². The molecule has 2 aromatic heterocycles. The van der Waals surface area contributed by atoms with Crippen molar-refractivity contribution < 1.29 is 18.7 Å². The van der Waals surface area contributed by atoms with E-state index in [1.807, 2.05) is 30.3 Å². The molecule has 1 fully saturated rings. The number of likely N-dealkylation sites (tertiary alicyclic amines) is 1. The summed E-state index contributed by atoms with van der Waals surface area (Å²) in [4.78, 5) is 23.4. The third-order valence-corrected chi connectivity index (χ3v) is 6.44. The smallest absolute Gasteiger partial charge is 0.255 e. The molecule has 1 atom stereocenters. The highest BCUT2D eigenvalue weighted by Crippen LogP contribution is 2.31. The van der Waals surface area contributed by atoms with Gasteiger partial charge in [-0.1, -0.05) is 6.07 Å². The van der Waals surface area contributed by atoms with Gasteiger partial charge < -0.3 is 24.5 Å². The summed E-state index contributed by atoms with van der Waals surface area (Å²) in [6.07, 6.45) is 2.84. The number of carbonyl (C=O) groups is 1. The molecule has 192 valence electrons. The highest BCUT2D eigenvalue weighted by Gasteiger charge is 2.25. The Kier molecular flexibility index (Phi) is 6.96. The summed E-state index contributed by atoms with van der Waals surface area (Å²) in [6, 6.07) is 15.3. The average Bonchev–Trinajstić information content (AvgIpc) is 3.47. The van der Waals surface area contributed by atoms with Gasteiger partial charge in [0, 0.05) is 61.6 Å². The molecule has 0 radical (unpaired) electrons. The molecular formula is C28H31N5O4. The Morgan fingerprint density at radius 2 is 2.03 bits per heavy atom. The number of benzene rings is 2. The lowest BCUT2D eigenvalue weighted by atomic mass is 10.1. The van der Waals surface area contributed by atoms with E-state index >= 15 is 0 Å². The maximum absolute atomic E-state index is 12.2. The van der Waals surface area contributed by atoms with E-state index in [4.69, 9.17) is 13.9 Å². The van der Waals surface area contributed by atoms with Crippen molar-refractivity contribution in [2.24, 2.45) is 0 Å². The Balaban J connectivity index is 1.27. The summed E-state index contributed by atoms with van der Waals surface area (Å²) in [5, 5.41) is 6.60. The zero-order chi connectivity index (χ0) is 25.9. The van der Waals surface area contributed by atoms with Crippen LogP contribution in [0.15, 0.2) is 59.1 Å². The van der Waals surface area contributed by atoms with Crippen molar-refractivity contribution in [1.82, 2.24) is 20.2 Å². The van der Waals surface area contributed by atoms with Gasteiger partial charge in [-0.2, -0.15) is 4.98 Å². The Hall–Kier alpha value is -4.11. The molecule has 0 saturated carbocycles. The number of hydrogen-bond donors (Lipinski definition) is 2. The molecule has 2 aromatic carbocycles. The van der Waals surface area contributed by atoms with Crippen molar-refractivity contribution in [3.05, 3.63) is 66.1 Å². The van der Waals surface area contributed by atoms with Crippen molar-refractivity contribution in [2.75, 3.05) is 25.5 Å². The minimum atomic E-state index is -0.188. The van der Waals surface area contributed by atoms with Gasteiger partial charge in [-0.05, 0) is 51.5 Å². The summed E-state index contributed by atoms with van der Waals surface area (Å²) in [7, 11) is 1.60. The fourth-order valence-electron chi connectivity index (χ4n) is 4.54. The fraction of sp³-hybridized carbons (Fsp3) is 0.321. The predicted molar refractivity (Wildman–Crippen MR) is 142 cm³/mol. The topological polar surface area (TPSA) is 102 Å². The molecule has 5 rings (SSSR count). The van der Waals surface area contributed by atoms with Crippen molar-refractivity contribution in [3.8, 4) is 17.4 Å². The molecule has 2 N–H and O–H groups in total. The Morgan fingerprint density at radius 1 is 1.16 bits per heavy atom.